The van der Waals surface area contributed by atoms with Crippen LogP contribution in [0.25, 0.3) is 0 Å². The largest absolute Gasteiger partial charge is 0.326 e. The second kappa shape index (κ2) is 4.23. The Balaban J connectivity index is 2.73. The molecule has 1 aromatic rings. The lowest BCUT2D eigenvalue weighted by atomic mass is 10.2. The highest BCUT2D eigenvalue weighted by atomic mass is 15.3. The molecule has 3 heteroatoms. The quantitative estimate of drug-likeness (QED) is 0.714. The van der Waals surface area contributed by atoms with Crippen LogP contribution in [0.4, 0.5) is 0 Å². The van der Waals surface area contributed by atoms with Crippen molar-refractivity contribution in [3.05, 3.63) is 29.6 Å². The van der Waals surface area contributed by atoms with Crippen LogP contribution >= 0.6 is 0 Å². The molecule has 0 saturated carbocycles. The summed E-state index contributed by atoms with van der Waals surface area (Å²) in [5.74, 6) is 0. The van der Waals surface area contributed by atoms with Gasteiger partial charge in [0.15, 0.2) is 0 Å². The van der Waals surface area contributed by atoms with E-state index < -0.39 is 0 Å². The Kier molecular flexibility index (Phi) is 3.25. The molecule has 72 valence electrons. The Morgan fingerprint density at radius 1 is 1.69 bits per heavy atom. The lowest BCUT2D eigenvalue weighted by Crippen LogP contribution is -2.00. The molecule has 1 heterocycles. The van der Waals surface area contributed by atoms with E-state index in [1.807, 2.05) is 17.8 Å². The van der Waals surface area contributed by atoms with E-state index in [2.05, 4.69) is 18.6 Å². The second-order valence-electron chi connectivity index (χ2n) is 3.25. The maximum atomic E-state index is 5.55. The number of nitrogens with zero attached hydrogens (tertiary/aromatic N) is 2. The predicted molar refractivity (Wildman–Crippen MR) is 54.3 cm³/mol. The van der Waals surface area contributed by atoms with Gasteiger partial charge in [-0.15, -0.1) is 0 Å². The van der Waals surface area contributed by atoms with Crippen LogP contribution in [-0.2, 0) is 13.1 Å². The number of rotatable bonds is 4. The van der Waals surface area contributed by atoms with E-state index in [1.165, 1.54) is 5.57 Å². The molecule has 0 radical (unpaired) electrons. The lowest BCUT2D eigenvalue weighted by Gasteiger charge is -2.01. The Hall–Kier alpha value is -1.09. The van der Waals surface area contributed by atoms with Gasteiger partial charge in [0.1, 0.15) is 0 Å². The van der Waals surface area contributed by atoms with E-state index >= 15 is 0 Å². The standard InChI is InChI=1S/C10H17N3/c1-4-8(2)6-13-7-10(5-11)9(3)12-13/h7H,2,4-6,11H2,1,3H3. The SMILES string of the molecule is C=C(CC)Cn1cc(CN)c(C)n1. The Labute approximate surface area is 79.2 Å². The summed E-state index contributed by atoms with van der Waals surface area (Å²) in [5, 5.41) is 4.35. The molecular weight excluding hydrogens is 162 g/mol. The van der Waals surface area contributed by atoms with Gasteiger partial charge in [-0.3, -0.25) is 4.68 Å². The van der Waals surface area contributed by atoms with Crippen LogP contribution < -0.4 is 5.73 Å². The summed E-state index contributed by atoms with van der Waals surface area (Å²) in [6.07, 6.45) is 2.99. The van der Waals surface area contributed by atoms with E-state index in [0.717, 1.165) is 24.2 Å². The van der Waals surface area contributed by atoms with Gasteiger partial charge in [-0.05, 0) is 13.3 Å². The Morgan fingerprint density at radius 3 is 2.85 bits per heavy atom. The van der Waals surface area contributed by atoms with E-state index in [1.54, 1.807) is 0 Å². The first kappa shape index (κ1) is 9.99. The first-order valence-electron chi connectivity index (χ1n) is 4.57. The minimum Gasteiger partial charge on any atom is -0.326 e. The van der Waals surface area contributed by atoms with Crippen LogP contribution in [0, 0.1) is 6.92 Å². The number of aromatic nitrogens is 2. The molecule has 0 aromatic carbocycles. The average molecular weight is 179 g/mol. The molecule has 0 fully saturated rings. The van der Waals surface area contributed by atoms with Gasteiger partial charge in [-0.25, -0.2) is 0 Å². The fourth-order valence-electron chi connectivity index (χ4n) is 1.18. The molecule has 0 saturated heterocycles. The molecule has 2 N–H and O–H groups in total. The van der Waals surface area contributed by atoms with E-state index in [-0.39, 0.29) is 0 Å². The van der Waals surface area contributed by atoms with Crippen molar-refractivity contribution in [3.8, 4) is 0 Å². The maximum Gasteiger partial charge on any atom is 0.0638 e. The van der Waals surface area contributed by atoms with Crippen molar-refractivity contribution in [2.75, 3.05) is 0 Å². The maximum absolute atomic E-state index is 5.55. The summed E-state index contributed by atoms with van der Waals surface area (Å²) in [6.45, 7) is 9.38. The lowest BCUT2D eigenvalue weighted by molar-refractivity contribution is 0.658. The highest BCUT2D eigenvalue weighted by Gasteiger charge is 2.02. The van der Waals surface area contributed by atoms with Gasteiger partial charge in [0.05, 0.1) is 12.2 Å². The minimum absolute atomic E-state index is 0.560. The van der Waals surface area contributed by atoms with Crippen molar-refractivity contribution in [2.45, 2.75) is 33.4 Å². The van der Waals surface area contributed by atoms with Crippen LogP contribution in [0.2, 0.25) is 0 Å². The molecule has 0 atom stereocenters. The molecule has 0 unspecified atom stereocenters. The third kappa shape index (κ3) is 2.42. The molecule has 0 amide bonds. The predicted octanol–water partition coefficient (Wildman–Crippen LogP) is 1.62. The molecule has 1 aromatic heterocycles. The van der Waals surface area contributed by atoms with E-state index in [4.69, 9.17) is 5.73 Å². The van der Waals surface area contributed by atoms with Gasteiger partial charge >= 0.3 is 0 Å². The van der Waals surface area contributed by atoms with Gasteiger partial charge in [-0.1, -0.05) is 19.1 Å². The average Bonchev–Trinajstić information content (AvgIpc) is 2.46. The van der Waals surface area contributed by atoms with Gasteiger partial charge < -0.3 is 5.73 Å². The highest BCUT2D eigenvalue weighted by molar-refractivity contribution is 5.15. The number of hydrogen-bond acceptors (Lipinski definition) is 2. The molecule has 0 spiro atoms. The summed E-state index contributed by atoms with van der Waals surface area (Å²) >= 11 is 0. The van der Waals surface area contributed by atoms with Crippen LogP contribution in [0.5, 0.6) is 0 Å². The first-order chi connectivity index (χ1) is 6.17. The van der Waals surface area contributed by atoms with Gasteiger partial charge in [0.2, 0.25) is 0 Å². The number of hydrogen-bond donors (Lipinski definition) is 1. The molecule has 0 aliphatic heterocycles. The van der Waals surface area contributed by atoms with Gasteiger partial charge in [0, 0.05) is 18.3 Å². The van der Waals surface area contributed by atoms with Gasteiger partial charge in [0.25, 0.3) is 0 Å². The zero-order valence-corrected chi connectivity index (χ0v) is 8.38. The van der Waals surface area contributed by atoms with Crippen molar-refractivity contribution in [1.29, 1.82) is 0 Å². The highest BCUT2D eigenvalue weighted by Crippen LogP contribution is 2.07. The number of nitrogens with two attached hydrogens (primary N) is 1. The Morgan fingerprint density at radius 2 is 2.38 bits per heavy atom. The van der Waals surface area contributed by atoms with E-state index in [9.17, 15) is 0 Å². The van der Waals surface area contributed by atoms with Crippen LogP contribution in [0.1, 0.15) is 24.6 Å². The molecular formula is C10H17N3. The van der Waals surface area contributed by atoms with Crippen LogP contribution in [-0.4, -0.2) is 9.78 Å². The molecule has 0 bridgehead atoms. The van der Waals surface area contributed by atoms with Gasteiger partial charge in [-0.2, -0.15) is 5.10 Å². The molecule has 3 nitrogen and oxygen atoms in total. The van der Waals surface area contributed by atoms with Crippen molar-refractivity contribution in [1.82, 2.24) is 9.78 Å². The summed E-state index contributed by atoms with van der Waals surface area (Å²) in [6, 6.07) is 0. The van der Waals surface area contributed by atoms with Crippen molar-refractivity contribution >= 4 is 0 Å². The second-order valence-corrected chi connectivity index (χ2v) is 3.25. The summed E-state index contributed by atoms with van der Waals surface area (Å²) in [7, 11) is 0. The zero-order valence-electron chi connectivity index (χ0n) is 8.38. The van der Waals surface area contributed by atoms with Crippen molar-refractivity contribution in [2.24, 2.45) is 5.73 Å². The first-order valence-corrected chi connectivity index (χ1v) is 4.57. The molecule has 1 rings (SSSR count). The third-order valence-electron chi connectivity index (χ3n) is 2.15. The van der Waals surface area contributed by atoms with Crippen LogP contribution in [0.3, 0.4) is 0 Å². The van der Waals surface area contributed by atoms with Crippen molar-refractivity contribution < 1.29 is 0 Å². The molecule has 0 aliphatic rings. The smallest absolute Gasteiger partial charge is 0.0638 e. The zero-order chi connectivity index (χ0) is 9.84. The minimum atomic E-state index is 0.560. The van der Waals surface area contributed by atoms with Crippen molar-refractivity contribution in [3.63, 3.8) is 0 Å². The Bertz CT molecular complexity index is 299. The van der Waals surface area contributed by atoms with E-state index in [0.29, 0.717) is 6.54 Å². The normalized spacial score (nSPS) is 10.4. The monoisotopic (exact) mass is 179 g/mol. The third-order valence-corrected chi connectivity index (χ3v) is 2.15. The summed E-state index contributed by atoms with van der Waals surface area (Å²) in [5.41, 5.74) is 8.87. The molecule has 13 heavy (non-hydrogen) atoms. The van der Waals surface area contributed by atoms with Crippen LogP contribution in [0.15, 0.2) is 18.3 Å². The summed E-state index contributed by atoms with van der Waals surface area (Å²) in [4.78, 5) is 0. The topological polar surface area (TPSA) is 43.8 Å². The summed E-state index contributed by atoms with van der Waals surface area (Å²) < 4.78 is 1.91. The fraction of sp³-hybridized carbons (Fsp3) is 0.500. The fourth-order valence-corrected chi connectivity index (χ4v) is 1.18. The molecule has 0 aliphatic carbocycles. The number of aryl methyl sites for hydroxylation is 1. The number of allylic oxidation sites excluding steroid dienone is 1.